The van der Waals surface area contributed by atoms with Gasteiger partial charge in [-0.25, -0.2) is 9.78 Å². The van der Waals surface area contributed by atoms with E-state index >= 15 is 0 Å². The molecule has 0 unspecified atom stereocenters. The van der Waals surface area contributed by atoms with Crippen molar-refractivity contribution in [2.45, 2.75) is 33.7 Å². The number of hydrogen-bond acceptors (Lipinski definition) is 5. The number of esters is 1. The first kappa shape index (κ1) is 20.8. The lowest BCUT2D eigenvalue weighted by Crippen LogP contribution is -2.30. The fourth-order valence-electron chi connectivity index (χ4n) is 2.36. The third kappa shape index (κ3) is 6.98. The Hall–Kier alpha value is -2.47. The second-order valence-corrected chi connectivity index (χ2v) is 7.48. The van der Waals surface area contributed by atoms with Crippen LogP contribution in [0.1, 0.15) is 48.3 Å². The van der Waals surface area contributed by atoms with Crippen molar-refractivity contribution in [3.8, 4) is 0 Å². The highest BCUT2D eigenvalue weighted by Gasteiger charge is 2.17. The molecule has 0 N–H and O–H groups in total. The van der Waals surface area contributed by atoms with Gasteiger partial charge in [0.15, 0.2) is 5.69 Å². The molecule has 0 saturated carbocycles. The van der Waals surface area contributed by atoms with E-state index in [0.717, 1.165) is 17.0 Å². The highest BCUT2D eigenvalue weighted by molar-refractivity contribution is 7.09. The Bertz CT molecular complexity index is 769. The van der Waals surface area contributed by atoms with Gasteiger partial charge in [-0.1, -0.05) is 44.2 Å². The van der Waals surface area contributed by atoms with E-state index < -0.39 is 5.97 Å². The second-order valence-electron chi connectivity index (χ2n) is 6.53. The maximum absolute atomic E-state index is 12.7. The number of rotatable bonds is 9. The number of hydrogen-bond donors (Lipinski definition) is 0. The molecule has 0 aliphatic heterocycles. The van der Waals surface area contributed by atoms with E-state index in [1.165, 1.54) is 11.3 Å². The van der Waals surface area contributed by atoms with Gasteiger partial charge < -0.3 is 9.64 Å². The Morgan fingerprint density at radius 2 is 2.00 bits per heavy atom. The highest BCUT2D eigenvalue weighted by atomic mass is 32.1. The molecule has 2 aromatic rings. The Morgan fingerprint density at radius 1 is 1.26 bits per heavy atom. The van der Waals surface area contributed by atoms with E-state index in [-0.39, 0.29) is 5.91 Å². The summed E-state index contributed by atoms with van der Waals surface area (Å²) in [5, 5.41) is 2.40. The van der Waals surface area contributed by atoms with Crippen molar-refractivity contribution >= 4 is 29.3 Å². The van der Waals surface area contributed by atoms with Gasteiger partial charge in [0.1, 0.15) is 5.01 Å². The molecule has 0 aliphatic carbocycles. The molecule has 0 saturated heterocycles. The van der Waals surface area contributed by atoms with Crippen LogP contribution in [0.2, 0.25) is 0 Å². The molecule has 0 radical (unpaired) electrons. The van der Waals surface area contributed by atoms with Crippen LogP contribution in [-0.2, 0) is 16.1 Å². The Kier molecular flexibility index (Phi) is 8.20. The first-order chi connectivity index (χ1) is 13.0. The number of nitrogens with zero attached hydrogens (tertiary/aromatic N) is 2. The fourth-order valence-corrected chi connectivity index (χ4v) is 3.14. The highest BCUT2D eigenvalue weighted by Crippen LogP contribution is 2.15. The lowest BCUT2D eigenvalue weighted by atomic mass is 10.1. The van der Waals surface area contributed by atoms with Crippen LogP contribution < -0.4 is 0 Å². The van der Waals surface area contributed by atoms with Gasteiger partial charge in [0, 0.05) is 18.0 Å². The number of carbonyl (C=O) groups excluding carboxylic acids is 2. The van der Waals surface area contributed by atoms with Crippen LogP contribution in [-0.4, -0.2) is 34.9 Å². The van der Waals surface area contributed by atoms with Crippen molar-refractivity contribution < 1.29 is 14.3 Å². The monoisotopic (exact) mass is 386 g/mol. The molecule has 27 heavy (non-hydrogen) atoms. The maximum Gasteiger partial charge on any atom is 0.357 e. The summed E-state index contributed by atoms with van der Waals surface area (Å²) in [5.74, 6) is 0.00112. The van der Waals surface area contributed by atoms with E-state index in [1.54, 1.807) is 23.3 Å². The molecule has 144 valence electrons. The van der Waals surface area contributed by atoms with Crippen molar-refractivity contribution in [2.24, 2.45) is 5.92 Å². The minimum absolute atomic E-state index is 0.0626. The molecule has 1 amide bonds. The number of amides is 1. The van der Waals surface area contributed by atoms with E-state index in [4.69, 9.17) is 4.74 Å². The lowest BCUT2D eigenvalue weighted by Gasteiger charge is -2.21. The van der Waals surface area contributed by atoms with E-state index in [9.17, 15) is 9.59 Å². The van der Waals surface area contributed by atoms with Crippen LogP contribution >= 0.6 is 11.3 Å². The zero-order valence-corrected chi connectivity index (χ0v) is 16.9. The van der Waals surface area contributed by atoms with Crippen molar-refractivity contribution in [3.63, 3.8) is 0 Å². The molecule has 6 heteroatoms. The molecular formula is C21H26N2O3S. The predicted molar refractivity (Wildman–Crippen MR) is 108 cm³/mol. The number of carbonyl (C=O) groups is 2. The normalized spacial score (nSPS) is 11.1. The van der Waals surface area contributed by atoms with Gasteiger partial charge in [0.2, 0.25) is 5.91 Å². The van der Waals surface area contributed by atoms with E-state index in [1.807, 2.05) is 36.4 Å². The number of benzene rings is 1. The zero-order valence-electron chi connectivity index (χ0n) is 16.1. The Labute approximate surface area is 164 Å². The molecule has 0 spiro atoms. The minimum atomic E-state index is -0.427. The molecule has 1 aromatic heterocycles. The number of aromatic nitrogens is 1. The van der Waals surface area contributed by atoms with Crippen LogP contribution in [0.15, 0.2) is 41.8 Å². The SMILES string of the molecule is CCOC(=O)c1csc(CN(CCC(C)C)C(=O)/C=C/c2ccccc2)n1. The lowest BCUT2D eigenvalue weighted by molar-refractivity contribution is -0.126. The topological polar surface area (TPSA) is 59.5 Å². The van der Waals surface area contributed by atoms with Crippen LogP contribution in [0.4, 0.5) is 0 Å². The van der Waals surface area contributed by atoms with Gasteiger partial charge in [-0.15, -0.1) is 11.3 Å². The van der Waals surface area contributed by atoms with Crippen LogP contribution in [0.3, 0.4) is 0 Å². The Balaban J connectivity index is 2.08. The number of thiazole rings is 1. The summed E-state index contributed by atoms with van der Waals surface area (Å²) >= 11 is 1.37. The summed E-state index contributed by atoms with van der Waals surface area (Å²) in [6.07, 6.45) is 4.31. The third-order valence-corrected chi connectivity index (χ3v) is 4.70. The van der Waals surface area contributed by atoms with Gasteiger partial charge >= 0.3 is 5.97 Å². The smallest absolute Gasteiger partial charge is 0.357 e. The molecule has 1 heterocycles. The molecular weight excluding hydrogens is 360 g/mol. The quantitative estimate of drug-likeness (QED) is 0.473. The standard InChI is InChI=1S/C21H26N2O3S/c1-4-26-21(25)18-15-27-19(22-18)14-23(13-12-16(2)3)20(24)11-10-17-8-6-5-7-9-17/h5-11,15-16H,4,12-14H2,1-3H3/b11-10+. The molecule has 5 nitrogen and oxygen atoms in total. The van der Waals surface area contributed by atoms with Crippen molar-refractivity contribution in [1.82, 2.24) is 9.88 Å². The molecule has 0 bridgehead atoms. The molecule has 1 aromatic carbocycles. The summed E-state index contributed by atoms with van der Waals surface area (Å²) in [6, 6.07) is 9.72. The molecule has 2 rings (SSSR count). The second kappa shape index (κ2) is 10.6. The van der Waals surface area contributed by atoms with Crippen LogP contribution in [0, 0.1) is 5.92 Å². The van der Waals surface area contributed by atoms with Gasteiger partial charge in [-0.05, 0) is 30.9 Å². The molecule has 0 atom stereocenters. The summed E-state index contributed by atoms with van der Waals surface area (Å²) in [6.45, 7) is 7.36. The average Bonchev–Trinajstić information content (AvgIpc) is 3.13. The minimum Gasteiger partial charge on any atom is -0.461 e. The third-order valence-electron chi connectivity index (χ3n) is 3.87. The summed E-state index contributed by atoms with van der Waals surface area (Å²) < 4.78 is 4.97. The molecule has 0 aliphatic rings. The van der Waals surface area contributed by atoms with Crippen molar-refractivity contribution in [3.05, 3.63) is 58.1 Å². The maximum atomic E-state index is 12.7. The largest absolute Gasteiger partial charge is 0.461 e. The van der Waals surface area contributed by atoms with Crippen LogP contribution in [0.25, 0.3) is 6.08 Å². The van der Waals surface area contributed by atoms with Gasteiger partial charge in [0.05, 0.1) is 13.2 Å². The predicted octanol–water partition coefficient (Wildman–Crippen LogP) is 4.41. The Morgan fingerprint density at radius 3 is 2.67 bits per heavy atom. The van der Waals surface area contributed by atoms with E-state index in [2.05, 4.69) is 18.8 Å². The first-order valence-corrected chi connectivity index (χ1v) is 10.0. The van der Waals surface area contributed by atoms with Crippen LogP contribution in [0.5, 0.6) is 0 Å². The van der Waals surface area contributed by atoms with Gasteiger partial charge in [0.25, 0.3) is 0 Å². The van der Waals surface area contributed by atoms with Crippen molar-refractivity contribution in [1.29, 1.82) is 0 Å². The first-order valence-electron chi connectivity index (χ1n) is 9.13. The number of ether oxygens (including phenoxy) is 1. The summed E-state index contributed by atoms with van der Waals surface area (Å²) in [4.78, 5) is 30.6. The van der Waals surface area contributed by atoms with E-state index in [0.29, 0.717) is 31.3 Å². The average molecular weight is 387 g/mol. The summed E-state index contributed by atoms with van der Waals surface area (Å²) in [7, 11) is 0. The molecule has 0 fully saturated rings. The zero-order chi connectivity index (χ0) is 19.6. The van der Waals surface area contributed by atoms with Gasteiger partial charge in [-0.2, -0.15) is 0 Å². The summed E-state index contributed by atoms with van der Waals surface area (Å²) in [5.41, 5.74) is 1.28. The van der Waals surface area contributed by atoms with Gasteiger partial charge in [-0.3, -0.25) is 4.79 Å². The van der Waals surface area contributed by atoms with Crippen molar-refractivity contribution in [2.75, 3.05) is 13.2 Å². The fraction of sp³-hybridized carbons (Fsp3) is 0.381.